The lowest BCUT2D eigenvalue weighted by molar-refractivity contribution is 0.122. The summed E-state index contributed by atoms with van der Waals surface area (Å²) in [6, 6.07) is 2.19. The monoisotopic (exact) mass is 366 g/mol. The molecule has 0 unspecified atom stereocenters. The van der Waals surface area contributed by atoms with Crippen molar-refractivity contribution in [1.82, 2.24) is 14.9 Å². The molecule has 7 heteroatoms. The lowest BCUT2D eigenvalue weighted by atomic mass is 9.99. The van der Waals surface area contributed by atoms with Gasteiger partial charge >= 0.3 is 0 Å². The molecule has 2 aliphatic rings. The number of rotatable bonds is 3. The molecule has 4 rings (SSSR count). The van der Waals surface area contributed by atoms with Crippen molar-refractivity contribution in [3.05, 3.63) is 16.2 Å². The average molecular weight is 367 g/mol. The Morgan fingerprint density at radius 2 is 1.96 bits per heavy atom. The Hall–Kier alpha value is -0.950. The maximum absolute atomic E-state index is 6.17. The van der Waals surface area contributed by atoms with Crippen molar-refractivity contribution < 1.29 is 4.74 Å². The number of likely N-dealkylation sites (tertiary alicyclic amines) is 1. The van der Waals surface area contributed by atoms with Gasteiger partial charge in [0.25, 0.3) is 0 Å². The fourth-order valence-corrected chi connectivity index (χ4v) is 4.77. The van der Waals surface area contributed by atoms with Crippen LogP contribution in [-0.2, 0) is 11.3 Å². The highest BCUT2D eigenvalue weighted by Crippen LogP contribution is 2.34. The molecule has 2 aromatic heterocycles. The van der Waals surface area contributed by atoms with E-state index in [0.717, 1.165) is 54.8 Å². The molecule has 24 heavy (non-hydrogen) atoms. The van der Waals surface area contributed by atoms with Gasteiger partial charge in [0, 0.05) is 24.5 Å². The molecule has 0 amide bonds. The fourth-order valence-electron chi connectivity index (χ4n) is 3.44. The van der Waals surface area contributed by atoms with E-state index < -0.39 is 0 Å². The summed E-state index contributed by atoms with van der Waals surface area (Å²) in [6.07, 6.45) is 2.60. The summed E-state index contributed by atoms with van der Waals surface area (Å²) in [5, 5.41) is 0.333. The van der Waals surface area contributed by atoms with Crippen LogP contribution in [-0.4, -0.2) is 54.3 Å². The molecule has 4 heterocycles. The van der Waals surface area contributed by atoms with Gasteiger partial charge in [0.1, 0.15) is 0 Å². The van der Waals surface area contributed by atoms with Crippen LogP contribution >= 0.6 is 22.9 Å². The number of piperidine rings is 1. The van der Waals surface area contributed by atoms with Crippen molar-refractivity contribution in [2.45, 2.75) is 26.3 Å². The number of nitrogens with zero attached hydrogens (tertiary/aromatic N) is 4. The minimum atomic E-state index is 0.333. The van der Waals surface area contributed by atoms with Gasteiger partial charge in [0.05, 0.1) is 23.4 Å². The second-order valence-corrected chi connectivity index (χ2v) is 8.28. The van der Waals surface area contributed by atoms with E-state index >= 15 is 0 Å². The zero-order valence-corrected chi connectivity index (χ0v) is 15.6. The van der Waals surface area contributed by atoms with Crippen LogP contribution in [0.2, 0.25) is 5.28 Å². The molecule has 0 spiro atoms. The number of fused-ring (bicyclic) bond motifs is 1. The van der Waals surface area contributed by atoms with E-state index in [0.29, 0.717) is 5.28 Å². The fraction of sp³-hybridized carbons (Fsp3) is 0.647. The maximum Gasteiger partial charge on any atom is 0.224 e. The Morgan fingerprint density at radius 1 is 1.21 bits per heavy atom. The van der Waals surface area contributed by atoms with Crippen molar-refractivity contribution >= 4 is 39.0 Å². The molecule has 2 aromatic rings. The third-order valence-corrected chi connectivity index (χ3v) is 6.22. The predicted molar refractivity (Wildman–Crippen MR) is 99.1 cm³/mol. The van der Waals surface area contributed by atoms with E-state index in [9.17, 15) is 0 Å². The highest BCUT2D eigenvalue weighted by molar-refractivity contribution is 7.19. The molecule has 2 aliphatic heterocycles. The third-order valence-electron chi connectivity index (χ3n) is 4.94. The summed E-state index contributed by atoms with van der Waals surface area (Å²) in [7, 11) is 0. The first-order valence-electron chi connectivity index (χ1n) is 8.70. The molecule has 0 bridgehead atoms. The Labute approximate surface area is 151 Å². The Balaban J connectivity index is 1.59. The molecule has 0 radical (unpaired) electrons. The van der Waals surface area contributed by atoms with Crippen LogP contribution in [0.25, 0.3) is 10.2 Å². The van der Waals surface area contributed by atoms with Crippen molar-refractivity contribution in [2.24, 2.45) is 5.92 Å². The first-order chi connectivity index (χ1) is 11.7. The number of hydrogen-bond acceptors (Lipinski definition) is 6. The Morgan fingerprint density at radius 3 is 2.71 bits per heavy atom. The molecule has 2 saturated heterocycles. The van der Waals surface area contributed by atoms with Crippen molar-refractivity contribution in [3.8, 4) is 0 Å². The van der Waals surface area contributed by atoms with Gasteiger partial charge in [0.2, 0.25) is 5.28 Å². The molecule has 2 fully saturated rings. The third kappa shape index (κ3) is 3.52. The molecule has 0 aromatic carbocycles. The number of ether oxygens (including phenoxy) is 1. The van der Waals surface area contributed by atoms with Crippen molar-refractivity contribution in [3.63, 3.8) is 0 Å². The normalized spacial score (nSPS) is 20.8. The predicted octanol–water partition coefficient (Wildman–Crippen LogP) is 3.41. The van der Waals surface area contributed by atoms with Gasteiger partial charge in [-0.3, -0.25) is 4.90 Å². The zero-order chi connectivity index (χ0) is 16.5. The maximum atomic E-state index is 6.17. The van der Waals surface area contributed by atoms with Crippen LogP contribution in [0.5, 0.6) is 0 Å². The van der Waals surface area contributed by atoms with Gasteiger partial charge in [0.15, 0.2) is 5.82 Å². The van der Waals surface area contributed by atoms with Gasteiger partial charge in [-0.25, -0.2) is 4.98 Å². The zero-order valence-electron chi connectivity index (χ0n) is 14.0. The lowest BCUT2D eigenvalue weighted by Gasteiger charge is -2.29. The first-order valence-corrected chi connectivity index (χ1v) is 9.89. The van der Waals surface area contributed by atoms with Crippen LogP contribution in [0.4, 0.5) is 5.82 Å². The summed E-state index contributed by atoms with van der Waals surface area (Å²) in [5.41, 5.74) is 0.974. The summed E-state index contributed by atoms with van der Waals surface area (Å²) in [6.45, 7) is 8.95. The number of morpholine rings is 1. The minimum absolute atomic E-state index is 0.333. The lowest BCUT2D eigenvalue weighted by Crippen LogP contribution is -2.36. The molecule has 130 valence electrons. The Bertz CT molecular complexity index is 708. The van der Waals surface area contributed by atoms with Gasteiger partial charge in [-0.2, -0.15) is 4.98 Å². The minimum Gasteiger partial charge on any atom is -0.378 e. The molecule has 0 aliphatic carbocycles. The van der Waals surface area contributed by atoms with Crippen LogP contribution in [0.1, 0.15) is 24.6 Å². The van der Waals surface area contributed by atoms with Crippen LogP contribution < -0.4 is 4.90 Å². The van der Waals surface area contributed by atoms with Gasteiger partial charge in [-0.15, -0.1) is 11.3 Å². The highest BCUT2D eigenvalue weighted by atomic mass is 35.5. The molecule has 0 atom stereocenters. The molecular formula is C17H23ClN4OS. The number of anilines is 1. The standard InChI is InChI=1S/C17H23ClN4OS/c1-12-2-4-21(5-3-12)11-13-10-14-15(24-13)16(20-17(18)19-14)22-6-8-23-9-7-22/h10,12H,2-9,11H2,1H3. The molecule has 5 nitrogen and oxygen atoms in total. The first kappa shape index (κ1) is 16.5. The number of thiophene rings is 1. The second-order valence-electron chi connectivity index (χ2n) is 6.80. The van der Waals surface area contributed by atoms with E-state index in [-0.39, 0.29) is 0 Å². The Kier molecular flexibility index (Phi) is 4.90. The number of aromatic nitrogens is 2. The van der Waals surface area contributed by atoms with Gasteiger partial charge in [-0.05, 0) is 49.5 Å². The molecule has 0 N–H and O–H groups in total. The highest BCUT2D eigenvalue weighted by Gasteiger charge is 2.21. The molecular weight excluding hydrogens is 344 g/mol. The second kappa shape index (κ2) is 7.12. The van der Waals surface area contributed by atoms with E-state index in [2.05, 4.69) is 32.8 Å². The van der Waals surface area contributed by atoms with E-state index in [1.54, 1.807) is 0 Å². The smallest absolute Gasteiger partial charge is 0.224 e. The van der Waals surface area contributed by atoms with Gasteiger partial charge in [-0.1, -0.05) is 6.92 Å². The summed E-state index contributed by atoms with van der Waals surface area (Å²) < 4.78 is 6.61. The number of halogens is 1. The van der Waals surface area contributed by atoms with E-state index in [1.807, 2.05) is 11.3 Å². The average Bonchev–Trinajstić information content (AvgIpc) is 2.99. The van der Waals surface area contributed by atoms with Crippen molar-refractivity contribution in [2.75, 3.05) is 44.3 Å². The van der Waals surface area contributed by atoms with Crippen molar-refractivity contribution in [1.29, 1.82) is 0 Å². The number of hydrogen-bond donors (Lipinski definition) is 0. The van der Waals surface area contributed by atoms with E-state index in [4.69, 9.17) is 16.3 Å². The van der Waals surface area contributed by atoms with Crippen LogP contribution in [0.15, 0.2) is 6.07 Å². The summed E-state index contributed by atoms with van der Waals surface area (Å²) >= 11 is 7.99. The summed E-state index contributed by atoms with van der Waals surface area (Å²) in [4.78, 5) is 15.1. The molecule has 0 saturated carbocycles. The SMILES string of the molecule is CC1CCN(Cc2cc3nc(Cl)nc(N4CCOCC4)c3s2)CC1. The van der Waals surface area contributed by atoms with Crippen LogP contribution in [0.3, 0.4) is 0 Å². The van der Waals surface area contributed by atoms with Gasteiger partial charge < -0.3 is 9.64 Å². The quantitative estimate of drug-likeness (QED) is 0.778. The van der Waals surface area contributed by atoms with Crippen LogP contribution in [0, 0.1) is 5.92 Å². The topological polar surface area (TPSA) is 41.5 Å². The largest absolute Gasteiger partial charge is 0.378 e. The summed E-state index contributed by atoms with van der Waals surface area (Å²) in [5.74, 6) is 1.83. The van der Waals surface area contributed by atoms with E-state index in [1.165, 1.54) is 30.8 Å².